The van der Waals surface area contributed by atoms with Gasteiger partial charge in [-0.25, -0.2) is 0 Å². The van der Waals surface area contributed by atoms with Crippen molar-refractivity contribution in [2.75, 3.05) is 6.54 Å². The maximum absolute atomic E-state index is 6.51. The molecule has 2 nitrogen and oxygen atoms in total. The third-order valence-electron chi connectivity index (χ3n) is 6.28. The maximum atomic E-state index is 6.51. The quantitative estimate of drug-likeness (QED) is 0.836. The predicted molar refractivity (Wildman–Crippen MR) is 79.0 cm³/mol. The molecule has 0 amide bonds. The van der Waals surface area contributed by atoms with Crippen LogP contribution < -0.4 is 5.73 Å². The largest absolute Gasteiger partial charge is 0.372 e. The van der Waals surface area contributed by atoms with E-state index < -0.39 is 0 Å². The highest BCUT2D eigenvalue weighted by molar-refractivity contribution is 4.96. The molecule has 110 valence electrons. The molecule has 1 aliphatic heterocycles. The second kappa shape index (κ2) is 5.37. The first-order valence-corrected chi connectivity index (χ1v) is 8.53. The maximum Gasteiger partial charge on any atom is 0.0687 e. The van der Waals surface area contributed by atoms with Crippen LogP contribution in [0.4, 0.5) is 0 Å². The van der Waals surface area contributed by atoms with E-state index in [2.05, 4.69) is 6.92 Å². The average molecular weight is 265 g/mol. The lowest BCUT2D eigenvalue weighted by Gasteiger charge is -2.40. The van der Waals surface area contributed by atoms with Gasteiger partial charge in [0.2, 0.25) is 0 Å². The Morgan fingerprint density at radius 3 is 2.32 bits per heavy atom. The summed E-state index contributed by atoms with van der Waals surface area (Å²) >= 11 is 0. The Morgan fingerprint density at radius 1 is 1.00 bits per heavy atom. The van der Waals surface area contributed by atoms with E-state index in [1.165, 1.54) is 70.6 Å². The molecule has 1 atom stereocenters. The Labute approximate surface area is 118 Å². The highest BCUT2D eigenvalue weighted by atomic mass is 16.5. The summed E-state index contributed by atoms with van der Waals surface area (Å²) in [6.07, 6.45) is 15.1. The van der Waals surface area contributed by atoms with Crippen molar-refractivity contribution in [3.8, 4) is 0 Å². The van der Waals surface area contributed by atoms with E-state index in [0.717, 1.165) is 12.5 Å². The molecule has 1 unspecified atom stereocenters. The topological polar surface area (TPSA) is 35.2 Å². The summed E-state index contributed by atoms with van der Waals surface area (Å²) in [6.45, 7) is 3.26. The number of nitrogens with two attached hydrogens (primary N) is 1. The minimum atomic E-state index is 0.294. The third-order valence-corrected chi connectivity index (χ3v) is 6.28. The molecular formula is C17H31NO. The predicted octanol–water partition coefficient (Wildman–Crippen LogP) is 4.02. The fourth-order valence-corrected chi connectivity index (χ4v) is 4.78. The molecule has 0 aromatic rings. The van der Waals surface area contributed by atoms with Crippen LogP contribution in [0.5, 0.6) is 0 Å². The van der Waals surface area contributed by atoms with Gasteiger partial charge in [-0.05, 0) is 62.8 Å². The third kappa shape index (κ3) is 2.85. The Hall–Kier alpha value is -0.0800. The zero-order chi connectivity index (χ0) is 13.3. The van der Waals surface area contributed by atoms with Gasteiger partial charge >= 0.3 is 0 Å². The lowest BCUT2D eigenvalue weighted by Crippen LogP contribution is -2.38. The van der Waals surface area contributed by atoms with Crippen molar-refractivity contribution in [2.45, 2.75) is 89.3 Å². The van der Waals surface area contributed by atoms with Gasteiger partial charge in [0, 0.05) is 0 Å². The molecule has 3 aliphatic rings. The van der Waals surface area contributed by atoms with Crippen LogP contribution >= 0.6 is 0 Å². The second-order valence-electron chi connectivity index (χ2n) is 7.76. The van der Waals surface area contributed by atoms with E-state index >= 15 is 0 Å². The smallest absolute Gasteiger partial charge is 0.0687 e. The van der Waals surface area contributed by atoms with Gasteiger partial charge in [0.15, 0.2) is 0 Å². The van der Waals surface area contributed by atoms with E-state index in [4.69, 9.17) is 10.5 Å². The van der Waals surface area contributed by atoms with Crippen LogP contribution in [-0.4, -0.2) is 18.2 Å². The molecule has 1 spiro atoms. The molecule has 1 saturated heterocycles. The molecule has 0 bridgehead atoms. The highest BCUT2D eigenvalue weighted by Crippen LogP contribution is 2.48. The standard InChI is InChI=1S/C17H31NO/c1-14-4-9-16(13-18,10-5-14)12-15-6-11-17(19-15)7-2-3-8-17/h14-15H,2-13,18H2,1H3. The van der Waals surface area contributed by atoms with Gasteiger partial charge in [0.1, 0.15) is 0 Å². The number of ether oxygens (including phenoxy) is 1. The van der Waals surface area contributed by atoms with Crippen LogP contribution in [0.15, 0.2) is 0 Å². The SMILES string of the molecule is CC1CCC(CN)(CC2CCC3(CCCC3)O2)CC1. The van der Waals surface area contributed by atoms with Crippen LogP contribution in [0.1, 0.15) is 77.6 Å². The molecule has 2 N–H and O–H groups in total. The molecule has 2 heteroatoms. The molecule has 2 saturated carbocycles. The Kier molecular flexibility index (Phi) is 3.92. The van der Waals surface area contributed by atoms with Gasteiger partial charge in [0.05, 0.1) is 11.7 Å². The molecule has 0 radical (unpaired) electrons. The van der Waals surface area contributed by atoms with Crippen molar-refractivity contribution in [2.24, 2.45) is 17.1 Å². The van der Waals surface area contributed by atoms with Gasteiger partial charge in [-0.1, -0.05) is 32.6 Å². The van der Waals surface area contributed by atoms with Crippen molar-refractivity contribution >= 4 is 0 Å². The van der Waals surface area contributed by atoms with Gasteiger partial charge < -0.3 is 10.5 Å². The van der Waals surface area contributed by atoms with Gasteiger partial charge in [-0.15, -0.1) is 0 Å². The second-order valence-corrected chi connectivity index (χ2v) is 7.76. The van der Waals surface area contributed by atoms with Crippen molar-refractivity contribution in [1.82, 2.24) is 0 Å². The van der Waals surface area contributed by atoms with E-state index in [1.54, 1.807) is 0 Å². The molecule has 19 heavy (non-hydrogen) atoms. The number of hydrogen-bond donors (Lipinski definition) is 1. The summed E-state index contributed by atoms with van der Waals surface area (Å²) in [5.41, 5.74) is 6.85. The van der Waals surface area contributed by atoms with Gasteiger partial charge in [-0.2, -0.15) is 0 Å². The van der Waals surface area contributed by atoms with Crippen LogP contribution in [0.25, 0.3) is 0 Å². The Bertz CT molecular complexity index is 300. The number of hydrogen-bond acceptors (Lipinski definition) is 2. The lowest BCUT2D eigenvalue weighted by atomic mass is 9.68. The number of rotatable bonds is 3. The van der Waals surface area contributed by atoms with Crippen LogP contribution in [0.3, 0.4) is 0 Å². The van der Waals surface area contributed by atoms with E-state index in [1.807, 2.05) is 0 Å². The summed E-state index contributed by atoms with van der Waals surface area (Å²) < 4.78 is 6.51. The Morgan fingerprint density at radius 2 is 1.68 bits per heavy atom. The summed E-state index contributed by atoms with van der Waals surface area (Å²) in [6, 6.07) is 0. The molecule has 3 fully saturated rings. The first kappa shape index (κ1) is 13.9. The van der Waals surface area contributed by atoms with Crippen LogP contribution in [0, 0.1) is 11.3 Å². The van der Waals surface area contributed by atoms with E-state index in [-0.39, 0.29) is 0 Å². The zero-order valence-corrected chi connectivity index (χ0v) is 12.6. The van der Waals surface area contributed by atoms with Crippen LogP contribution in [-0.2, 0) is 4.74 Å². The first-order chi connectivity index (χ1) is 9.15. The lowest BCUT2D eigenvalue weighted by molar-refractivity contribution is -0.0580. The summed E-state index contributed by atoms with van der Waals surface area (Å²) in [4.78, 5) is 0. The summed E-state index contributed by atoms with van der Waals surface area (Å²) in [5, 5.41) is 0. The average Bonchev–Trinajstić information content (AvgIpc) is 3.04. The molecule has 3 rings (SSSR count). The van der Waals surface area contributed by atoms with Gasteiger partial charge in [0.25, 0.3) is 0 Å². The zero-order valence-electron chi connectivity index (χ0n) is 12.6. The first-order valence-electron chi connectivity index (χ1n) is 8.53. The fraction of sp³-hybridized carbons (Fsp3) is 1.00. The van der Waals surface area contributed by atoms with Crippen LogP contribution in [0.2, 0.25) is 0 Å². The molecule has 2 aliphatic carbocycles. The van der Waals surface area contributed by atoms with Crippen molar-refractivity contribution in [1.29, 1.82) is 0 Å². The van der Waals surface area contributed by atoms with E-state index in [0.29, 0.717) is 17.1 Å². The molecule has 0 aromatic carbocycles. The van der Waals surface area contributed by atoms with E-state index in [9.17, 15) is 0 Å². The van der Waals surface area contributed by atoms with Crippen molar-refractivity contribution < 1.29 is 4.74 Å². The van der Waals surface area contributed by atoms with Gasteiger partial charge in [-0.3, -0.25) is 0 Å². The Balaban J connectivity index is 1.58. The molecule has 0 aromatic heterocycles. The minimum Gasteiger partial charge on any atom is -0.372 e. The summed E-state index contributed by atoms with van der Waals surface area (Å²) in [5.74, 6) is 0.908. The normalized spacial score (nSPS) is 42.0. The fourth-order valence-electron chi connectivity index (χ4n) is 4.78. The van der Waals surface area contributed by atoms with Crippen molar-refractivity contribution in [3.63, 3.8) is 0 Å². The van der Waals surface area contributed by atoms with Crippen molar-refractivity contribution in [3.05, 3.63) is 0 Å². The molecule has 1 heterocycles. The highest BCUT2D eigenvalue weighted by Gasteiger charge is 2.45. The minimum absolute atomic E-state index is 0.294. The molecular weight excluding hydrogens is 234 g/mol. The summed E-state index contributed by atoms with van der Waals surface area (Å²) in [7, 11) is 0. The monoisotopic (exact) mass is 265 g/mol.